The second-order valence-electron chi connectivity index (χ2n) is 6.56. The van der Waals surface area contributed by atoms with Crippen molar-refractivity contribution in [3.63, 3.8) is 0 Å². The van der Waals surface area contributed by atoms with E-state index in [1.807, 2.05) is 30.9 Å². The maximum atomic E-state index is 5.90. The van der Waals surface area contributed by atoms with Gasteiger partial charge in [-0.25, -0.2) is 0 Å². The molecule has 0 radical (unpaired) electrons. The van der Waals surface area contributed by atoms with Gasteiger partial charge in [0.05, 0.1) is 0 Å². The van der Waals surface area contributed by atoms with Crippen LogP contribution in [-0.2, 0) is 0 Å². The fourth-order valence-electron chi connectivity index (χ4n) is 3.13. The lowest BCUT2D eigenvalue weighted by atomic mass is 10.1. The standard InChI is InChI=1S/C18H27ClN4S/c1-20-18(21-9-11-24-17-6-2-15(19)3-7-17)22-12-14-8-10-23(13-14)16-4-5-16/h2-3,6-7,14,16H,4-5,8-13H2,1H3,(H2,20,21,22). The molecule has 1 atom stereocenters. The minimum Gasteiger partial charge on any atom is -0.356 e. The summed E-state index contributed by atoms with van der Waals surface area (Å²) >= 11 is 7.73. The molecular formula is C18H27ClN4S. The van der Waals surface area contributed by atoms with Gasteiger partial charge in [-0.2, -0.15) is 0 Å². The molecule has 1 aromatic carbocycles. The fraction of sp³-hybridized carbons (Fsp3) is 0.611. The Morgan fingerprint density at radius 2 is 2.04 bits per heavy atom. The average Bonchev–Trinajstić information content (AvgIpc) is 3.34. The van der Waals surface area contributed by atoms with Crippen molar-refractivity contribution in [2.75, 3.05) is 39.0 Å². The molecule has 132 valence electrons. The minimum atomic E-state index is 0.757. The van der Waals surface area contributed by atoms with Gasteiger partial charge in [-0.1, -0.05) is 11.6 Å². The maximum absolute atomic E-state index is 5.90. The van der Waals surface area contributed by atoms with Gasteiger partial charge in [0.1, 0.15) is 0 Å². The molecule has 1 unspecified atom stereocenters. The van der Waals surface area contributed by atoms with E-state index in [2.05, 4.69) is 32.7 Å². The van der Waals surface area contributed by atoms with Gasteiger partial charge < -0.3 is 15.5 Å². The summed E-state index contributed by atoms with van der Waals surface area (Å²) in [5.41, 5.74) is 0. The first-order valence-corrected chi connectivity index (χ1v) is 10.2. The summed E-state index contributed by atoms with van der Waals surface area (Å²) in [4.78, 5) is 8.23. The molecule has 1 aliphatic carbocycles. The monoisotopic (exact) mass is 366 g/mol. The number of guanidine groups is 1. The molecule has 1 aliphatic heterocycles. The quantitative estimate of drug-likeness (QED) is 0.337. The summed E-state index contributed by atoms with van der Waals surface area (Å²) < 4.78 is 0. The van der Waals surface area contributed by atoms with Crippen molar-refractivity contribution in [2.24, 2.45) is 10.9 Å². The summed E-state index contributed by atoms with van der Waals surface area (Å²) in [5.74, 6) is 2.67. The Labute approximate surface area is 154 Å². The van der Waals surface area contributed by atoms with Crippen LogP contribution in [0.25, 0.3) is 0 Å². The number of benzene rings is 1. The molecule has 2 fully saturated rings. The van der Waals surface area contributed by atoms with E-state index in [0.29, 0.717) is 0 Å². The molecule has 0 bridgehead atoms. The van der Waals surface area contributed by atoms with Crippen LogP contribution in [0.3, 0.4) is 0 Å². The van der Waals surface area contributed by atoms with Crippen LogP contribution in [0.5, 0.6) is 0 Å². The fourth-order valence-corrected chi connectivity index (χ4v) is 4.03. The lowest BCUT2D eigenvalue weighted by Crippen LogP contribution is -2.41. The summed E-state index contributed by atoms with van der Waals surface area (Å²) in [6.45, 7) is 4.45. The van der Waals surface area contributed by atoms with Crippen LogP contribution in [0.2, 0.25) is 5.02 Å². The third-order valence-corrected chi connectivity index (χ3v) is 5.90. The van der Waals surface area contributed by atoms with Gasteiger partial charge in [0.15, 0.2) is 5.96 Å². The molecule has 2 N–H and O–H groups in total. The molecule has 6 heteroatoms. The van der Waals surface area contributed by atoms with Crippen LogP contribution in [0.15, 0.2) is 34.2 Å². The van der Waals surface area contributed by atoms with Crippen molar-refractivity contribution in [1.82, 2.24) is 15.5 Å². The van der Waals surface area contributed by atoms with Crippen molar-refractivity contribution in [1.29, 1.82) is 0 Å². The smallest absolute Gasteiger partial charge is 0.191 e. The topological polar surface area (TPSA) is 39.7 Å². The van der Waals surface area contributed by atoms with E-state index >= 15 is 0 Å². The van der Waals surface area contributed by atoms with Crippen molar-refractivity contribution >= 4 is 29.3 Å². The second-order valence-corrected chi connectivity index (χ2v) is 8.17. The highest BCUT2D eigenvalue weighted by Gasteiger charge is 2.34. The molecule has 1 heterocycles. The zero-order valence-electron chi connectivity index (χ0n) is 14.3. The van der Waals surface area contributed by atoms with E-state index in [1.54, 1.807) is 0 Å². The van der Waals surface area contributed by atoms with Gasteiger partial charge in [0.25, 0.3) is 0 Å². The third-order valence-electron chi connectivity index (χ3n) is 4.64. The number of nitrogens with zero attached hydrogens (tertiary/aromatic N) is 2. The number of likely N-dealkylation sites (tertiary alicyclic amines) is 1. The predicted octanol–water partition coefficient (Wildman–Crippen LogP) is 3.08. The normalized spacial score (nSPS) is 21.9. The Kier molecular flexibility index (Phi) is 6.69. The predicted molar refractivity (Wildman–Crippen MR) is 104 cm³/mol. The van der Waals surface area contributed by atoms with E-state index < -0.39 is 0 Å². The summed E-state index contributed by atoms with van der Waals surface area (Å²) in [7, 11) is 1.84. The zero-order chi connectivity index (χ0) is 16.8. The van der Waals surface area contributed by atoms with Crippen molar-refractivity contribution < 1.29 is 0 Å². The Morgan fingerprint density at radius 1 is 1.25 bits per heavy atom. The summed E-state index contributed by atoms with van der Waals surface area (Å²) in [6, 6.07) is 8.89. The Balaban J connectivity index is 1.29. The Morgan fingerprint density at radius 3 is 2.75 bits per heavy atom. The van der Waals surface area contributed by atoms with Crippen LogP contribution >= 0.6 is 23.4 Å². The highest BCUT2D eigenvalue weighted by atomic mass is 35.5. The number of rotatable bonds is 7. The molecule has 2 aliphatic rings. The zero-order valence-corrected chi connectivity index (χ0v) is 15.9. The second kappa shape index (κ2) is 8.97. The molecule has 4 nitrogen and oxygen atoms in total. The molecule has 1 saturated heterocycles. The minimum absolute atomic E-state index is 0.757. The summed E-state index contributed by atoms with van der Waals surface area (Å²) in [6.07, 6.45) is 4.14. The van der Waals surface area contributed by atoms with Crippen LogP contribution in [0, 0.1) is 5.92 Å². The van der Waals surface area contributed by atoms with E-state index in [4.69, 9.17) is 11.6 Å². The molecule has 1 aromatic rings. The molecule has 3 rings (SSSR count). The van der Waals surface area contributed by atoms with Crippen LogP contribution < -0.4 is 10.6 Å². The summed E-state index contributed by atoms with van der Waals surface area (Å²) in [5, 5.41) is 7.67. The number of thioether (sulfide) groups is 1. The first kappa shape index (κ1) is 17.9. The van der Waals surface area contributed by atoms with Crippen molar-refractivity contribution in [3.05, 3.63) is 29.3 Å². The van der Waals surface area contributed by atoms with Crippen LogP contribution in [0.1, 0.15) is 19.3 Å². The van der Waals surface area contributed by atoms with Crippen LogP contribution in [0.4, 0.5) is 0 Å². The number of hydrogen-bond acceptors (Lipinski definition) is 3. The van der Waals surface area contributed by atoms with Crippen molar-refractivity contribution in [2.45, 2.75) is 30.2 Å². The SMILES string of the molecule is CN=C(NCCSc1ccc(Cl)cc1)NCC1CCN(C2CC2)C1. The lowest BCUT2D eigenvalue weighted by molar-refractivity contribution is 0.314. The van der Waals surface area contributed by atoms with E-state index in [0.717, 1.165) is 41.8 Å². The molecule has 0 spiro atoms. The number of nitrogens with one attached hydrogen (secondary N) is 2. The molecular weight excluding hydrogens is 340 g/mol. The molecule has 0 aromatic heterocycles. The Hall–Kier alpha value is -0.910. The van der Waals surface area contributed by atoms with Gasteiger partial charge >= 0.3 is 0 Å². The number of aliphatic imine (C=N–C) groups is 1. The van der Waals surface area contributed by atoms with Gasteiger partial charge in [0, 0.05) is 48.4 Å². The van der Waals surface area contributed by atoms with Crippen LogP contribution in [-0.4, -0.2) is 55.9 Å². The average molecular weight is 367 g/mol. The highest BCUT2D eigenvalue weighted by molar-refractivity contribution is 7.99. The van der Waals surface area contributed by atoms with E-state index in [9.17, 15) is 0 Å². The first-order chi connectivity index (χ1) is 11.7. The number of halogens is 1. The number of hydrogen-bond donors (Lipinski definition) is 2. The highest BCUT2D eigenvalue weighted by Crippen LogP contribution is 2.31. The van der Waals surface area contributed by atoms with Crippen molar-refractivity contribution in [3.8, 4) is 0 Å². The van der Waals surface area contributed by atoms with Gasteiger partial charge in [-0.05, 0) is 56.0 Å². The van der Waals surface area contributed by atoms with Gasteiger partial charge in [-0.3, -0.25) is 4.99 Å². The molecule has 1 saturated carbocycles. The maximum Gasteiger partial charge on any atom is 0.191 e. The third kappa shape index (κ3) is 5.57. The van der Waals surface area contributed by atoms with E-state index in [-0.39, 0.29) is 0 Å². The van der Waals surface area contributed by atoms with Gasteiger partial charge in [0.2, 0.25) is 0 Å². The Bertz CT molecular complexity index is 544. The van der Waals surface area contributed by atoms with E-state index in [1.165, 1.54) is 37.2 Å². The van der Waals surface area contributed by atoms with Gasteiger partial charge in [-0.15, -0.1) is 11.8 Å². The molecule has 0 amide bonds. The molecule has 24 heavy (non-hydrogen) atoms. The lowest BCUT2D eigenvalue weighted by Gasteiger charge is -2.17. The first-order valence-electron chi connectivity index (χ1n) is 8.81. The largest absolute Gasteiger partial charge is 0.356 e.